The Labute approximate surface area is 193 Å². The lowest BCUT2D eigenvalue weighted by Gasteiger charge is -2.36. The van der Waals surface area contributed by atoms with Crippen molar-refractivity contribution in [1.29, 1.82) is 5.26 Å². The van der Waals surface area contributed by atoms with Gasteiger partial charge < -0.3 is 15.1 Å². The summed E-state index contributed by atoms with van der Waals surface area (Å²) < 4.78 is 39.9. The second-order valence-electron chi connectivity index (χ2n) is 8.48. The number of piperazine rings is 1. The van der Waals surface area contributed by atoms with Gasteiger partial charge in [-0.25, -0.2) is 10.1 Å². The number of carbonyl (C=O) groups is 1. The molecule has 1 fully saturated rings. The molecule has 1 amide bonds. The van der Waals surface area contributed by atoms with E-state index in [1.165, 1.54) is 6.20 Å². The summed E-state index contributed by atoms with van der Waals surface area (Å²) in [5, 5.41) is 17.9. The van der Waals surface area contributed by atoms with Crippen LogP contribution in [0.4, 0.5) is 19.0 Å². The second-order valence-corrected chi connectivity index (χ2v) is 8.48. The molecular formula is C22H24F3N7O2. The number of hydrogen-bond acceptors (Lipinski definition) is 7. The van der Waals surface area contributed by atoms with Crippen molar-refractivity contribution in [2.75, 3.05) is 37.6 Å². The molecule has 3 heterocycles. The smallest absolute Gasteiger partial charge is 0.353 e. The average Bonchev–Trinajstić information content (AvgIpc) is 3.23. The summed E-state index contributed by atoms with van der Waals surface area (Å²) in [5.74, 6) is 0.347. The van der Waals surface area contributed by atoms with Gasteiger partial charge in [0.15, 0.2) is 0 Å². The highest BCUT2D eigenvalue weighted by Gasteiger charge is 2.41. The van der Waals surface area contributed by atoms with E-state index in [9.17, 15) is 22.8 Å². The molecule has 12 heteroatoms. The molecule has 4 rings (SSSR count). The third-order valence-corrected chi connectivity index (χ3v) is 6.36. The lowest BCUT2D eigenvalue weighted by molar-refractivity contribution is -0.139. The lowest BCUT2D eigenvalue weighted by Crippen LogP contribution is -2.54. The van der Waals surface area contributed by atoms with E-state index >= 15 is 0 Å². The Kier molecular flexibility index (Phi) is 6.56. The van der Waals surface area contributed by atoms with Crippen molar-refractivity contribution in [2.45, 2.75) is 37.9 Å². The molecule has 180 valence electrons. The van der Waals surface area contributed by atoms with Crippen LogP contribution in [0.3, 0.4) is 0 Å². The molecule has 0 unspecified atom stereocenters. The molecule has 9 nitrogen and oxygen atoms in total. The van der Waals surface area contributed by atoms with E-state index in [-0.39, 0.29) is 36.0 Å². The number of nitrogens with zero attached hydrogens (tertiary/aromatic N) is 5. The van der Waals surface area contributed by atoms with Crippen LogP contribution >= 0.6 is 0 Å². The number of nitrogens with one attached hydrogen (secondary N) is 2. The molecule has 1 saturated heterocycles. The van der Waals surface area contributed by atoms with Gasteiger partial charge in [-0.1, -0.05) is 0 Å². The van der Waals surface area contributed by atoms with Gasteiger partial charge in [0.05, 0.1) is 17.3 Å². The molecule has 34 heavy (non-hydrogen) atoms. The van der Waals surface area contributed by atoms with Crippen LogP contribution in [-0.4, -0.2) is 64.8 Å². The molecule has 2 N–H and O–H groups in total. The van der Waals surface area contributed by atoms with E-state index in [0.717, 1.165) is 5.82 Å². The first-order chi connectivity index (χ1) is 16.2. The molecule has 1 aliphatic carbocycles. The highest BCUT2D eigenvalue weighted by Crippen LogP contribution is 2.38. The molecule has 0 saturated carbocycles. The second kappa shape index (κ2) is 9.42. The number of anilines is 1. The van der Waals surface area contributed by atoms with Crippen molar-refractivity contribution in [1.82, 2.24) is 25.4 Å². The molecule has 0 radical (unpaired) electrons. The first-order valence-electron chi connectivity index (χ1n) is 11.0. The summed E-state index contributed by atoms with van der Waals surface area (Å²) in [6.07, 6.45) is -2.67. The number of hydrogen-bond donors (Lipinski definition) is 2. The average molecular weight is 475 g/mol. The van der Waals surface area contributed by atoms with Crippen molar-refractivity contribution in [3.05, 3.63) is 51.1 Å². The van der Waals surface area contributed by atoms with Gasteiger partial charge in [0.1, 0.15) is 17.5 Å². The van der Waals surface area contributed by atoms with Gasteiger partial charge in [-0.05, 0) is 37.5 Å². The topological polar surface area (TPSA) is 118 Å². The Hall–Kier alpha value is -3.46. The number of nitriles is 1. The monoisotopic (exact) mass is 475 g/mol. The molecule has 0 spiro atoms. The van der Waals surface area contributed by atoms with Crippen LogP contribution in [0.5, 0.6) is 0 Å². The minimum absolute atomic E-state index is 0.0467. The van der Waals surface area contributed by atoms with E-state index < -0.39 is 23.3 Å². The standard InChI is InChI=1S/C22H24F3N7O2/c1-13(21(34)32-8-6-31(7-9-32)17-5-2-14(10-26)11-28-17)27-12-15-3-4-16-18(22(23,24)25)20(33)30-29-19(15)16/h2,5,11,13,15,27H,3-4,6-9,12H2,1H3,(H,30,33)/t13-,15-/m1/s1. The maximum absolute atomic E-state index is 13.3. The number of aromatic amines is 1. The third-order valence-electron chi connectivity index (χ3n) is 6.36. The third kappa shape index (κ3) is 4.75. The number of amides is 1. The number of aromatic nitrogens is 3. The first kappa shape index (κ1) is 23.7. The number of rotatable bonds is 5. The Morgan fingerprint density at radius 1 is 1.32 bits per heavy atom. The quantitative estimate of drug-likeness (QED) is 0.671. The van der Waals surface area contributed by atoms with E-state index in [0.29, 0.717) is 38.2 Å². The summed E-state index contributed by atoms with van der Waals surface area (Å²) in [7, 11) is 0. The Bertz CT molecular complexity index is 1150. The van der Waals surface area contributed by atoms with Crippen LogP contribution in [0.15, 0.2) is 23.1 Å². The van der Waals surface area contributed by atoms with Crippen LogP contribution in [-0.2, 0) is 17.4 Å². The van der Waals surface area contributed by atoms with Crippen LogP contribution in [0.1, 0.15) is 41.6 Å². The summed E-state index contributed by atoms with van der Waals surface area (Å²) in [5.41, 5.74) is -1.71. The fourth-order valence-corrected chi connectivity index (χ4v) is 4.52. The maximum atomic E-state index is 13.3. The van der Waals surface area contributed by atoms with E-state index in [1.54, 1.807) is 24.0 Å². The Morgan fingerprint density at radius 2 is 2.06 bits per heavy atom. The zero-order valence-electron chi connectivity index (χ0n) is 18.5. The fraction of sp³-hybridized carbons (Fsp3) is 0.500. The van der Waals surface area contributed by atoms with Crippen LogP contribution < -0.4 is 15.8 Å². The van der Waals surface area contributed by atoms with Crippen molar-refractivity contribution >= 4 is 11.7 Å². The van der Waals surface area contributed by atoms with Gasteiger partial charge in [-0.2, -0.15) is 23.5 Å². The molecule has 2 aliphatic rings. The number of H-pyrrole nitrogens is 1. The lowest BCUT2D eigenvalue weighted by atomic mass is 10.1. The SMILES string of the molecule is C[C@@H](NC[C@H]1CCc2c1n[nH]c(=O)c2C(F)(F)F)C(=O)N1CCN(c2ccc(C#N)cn2)CC1. The van der Waals surface area contributed by atoms with E-state index in [2.05, 4.69) is 15.4 Å². The summed E-state index contributed by atoms with van der Waals surface area (Å²) in [4.78, 5) is 32.6. The van der Waals surface area contributed by atoms with Crippen LogP contribution in [0, 0.1) is 11.3 Å². The number of carbonyl (C=O) groups excluding carboxylic acids is 1. The molecule has 0 bridgehead atoms. The molecule has 1 aliphatic heterocycles. The Morgan fingerprint density at radius 3 is 2.68 bits per heavy atom. The molecule has 2 aromatic rings. The Balaban J connectivity index is 1.32. The van der Waals surface area contributed by atoms with Gasteiger partial charge in [0.25, 0.3) is 5.56 Å². The highest BCUT2D eigenvalue weighted by molar-refractivity contribution is 5.81. The van der Waals surface area contributed by atoms with Crippen molar-refractivity contribution in [3.8, 4) is 6.07 Å². The molecular weight excluding hydrogens is 451 g/mol. The number of pyridine rings is 1. The van der Waals surface area contributed by atoms with E-state index in [4.69, 9.17) is 5.26 Å². The normalized spacial score (nSPS) is 19.0. The minimum Gasteiger partial charge on any atom is -0.353 e. The predicted octanol–water partition coefficient (Wildman–Crippen LogP) is 1.41. The predicted molar refractivity (Wildman–Crippen MR) is 116 cm³/mol. The maximum Gasteiger partial charge on any atom is 0.422 e. The van der Waals surface area contributed by atoms with Gasteiger partial charge in [-0.15, -0.1) is 0 Å². The zero-order chi connectivity index (χ0) is 24.5. The minimum atomic E-state index is -4.73. The molecule has 0 aromatic carbocycles. The number of fused-ring (bicyclic) bond motifs is 1. The molecule has 2 aromatic heterocycles. The summed E-state index contributed by atoms with van der Waals surface area (Å²) in [6.45, 7) is 4.24. The summed E-state index contributed by atoms with van der Waals surface area (Å²) >= 11 is 0. The van der Waals surface area contributed by atoms with E-state index in [1.807, 2.05) is 16.1 Å². The van der Waals surface area contributed by atoms with Gasteiger partial charge in [0.2, 0.25) is 5.91 Å². The summed E-state index contributed by atoms with van der Waals surface area (Å²) in [6, 6.07) is 5.00. The highest BCUT2D eigenvalue weighted by atomic mass is 19.4. The number of alkyl halides is 3. The zero-order valence-corrected chi connectivity index (χ0v) is 18.5. The van der Waals surface area contributed by atoms with Crippen molar-refractivity contribution in [2.24, 2.45) is 0 Å². The molecule has 2 atom stereocenters. The van der Waals surface area contributed by atoms with Crippen LogP contribution in [0.2, 0.25) is 0 Å². The fourth-order valence-electron chi connectivity index (χ4n) is 4.52. The van der Waals surface area contributed by atoms with Crippen molar-refractivity contribution < 1.29 is 18.0 Å². The van der Waals surface area contributed by atoms with Crippen LogP contribution in [0.25, 0.3) is 0 Å². The first-order valence-corrected chi connectivity index (χ1v) is 11.0. The van der Waals surface area contributed by atoms with Gasteiger partial charge >= 0.3 is 6.18 Å². The number of halogens is 3. The van der Waals surface area contributed by atoms with Gasteiger partial charge in [0, 0.05) is 44.8 Å². The van der Waals surface area contributed by atoms with Crippen molar-refractivity contribution in [3.63, 3.8) is 0 Å². The van der Waals surface area contributed by atoms with Gasteiger partial charge in [-0.3, -0.25) is 9.59 Å². The largest absolute Gasteiger partial charge is 0.422 e.